The van der Waals surface area contributed by atoms with E-state index in [1.165, 1.54) is 38.5 Å². The van der Waals surface area contributed by atoms with Gasteiger partial charge in [0.1, 0.15) is 0 Å². The van der Waals surface area contributed by atoms with E-state index < -0.39 is 0 Å². The van der Waals surface area contributed by atoms with Crippen LogP contribution in [0.2, 0.25) is 0 Å². The molecule has 0 aromatic rings. The molecule has 2 rings (SSSR count). The van der Waals surface area contributed by atoms with E-state index in [1.54, 1.807) is 16.7 Å². The third kappa shape index (κ3) is 1.40. The molecule has 60 valence electrons. The van der Waals surface area contributed by atoms with Crippen molar-refractivity contribution in [1.29, 1.82) is 0 Å². The lowest BCUT2D eigenvalue weighted by molar-refractivity contribution is 0.702. The van der Waals surface area contributed by atoms with Crippen LogP contribution in [0.1, 0.15) is 45.4 Å². The van der Waals surface area contributed by atoms with E-state index >= 15 is 0 Å². The van der Waals surface area contributed by atoms with E-state index in [0.29, 0.717) is 0 Å². The Balaban J connectivity index is 2.17. The summed E-state index contributed by atoms with van der Waals surface area (Å²) in [6.07, 6.45) is 10.7. The summed E-state index contributed by atoms with van der Waals surface area (Å²) in [5.41, 5.74) is 5.01. The van der Waals surface area contributed by atoms with Crippen molar-refractivity contribution in [2.24, 2.45) is 0 Å². The standard InChI is InChI=1S/C11H16/c1-9-7-10-5-3-2-4-6-11(10)8-9/h7H,2-6,8H2,1H3. The van der Waals surface area contributed by atoms with Gasteiger partial charge in [-0.25, -0.2) is 0 Å². The Morgan fingerprint density at radius 3 is 2.82 bits per heavy atom. The van der Waals surface area contributed by atoms with Crippen LogP contribution in [0.15, 0.2) is 22.8 Å². The van der Waals surface area contributed by atoms with E-state index in [9.17, 15) is 0 Å². The van der Waals surface area contributed by atoms with Gasteiger partial charge in [-0.15, -0.1) is 0 Å². The third-order valence-electron chi connectivity index (χ3n) is 2.79. The zero-order valence-electron chi connectivity index (χ0n) is 7.32. The number of rotatable bonds is 0. The van der Waals surface area contributed by atoms with Crippen LogP contribution in [-0.4, -0.2) is 0 Å². The first-order valence-corrected chi connectivity index (χ1v) is 4.74. The second-order valence-electron chi connectivity index (χ2n) is 3.86. The van der Waals surface area contributed by atoms with Crippen molar-refractivity contribution in [3.05, 3.63) is 22.8 Å². The Morgan fingerprint density at radius 2 is 1.91 bits per heavy atom. The summed E-state index contributed by atoms with van der Waals surface area (Å²) < 4.78 is 0. The van der Waals surface area contributed by atoms with Crippen molar-refractivity contribution in [1.82, 2.24) is 0 Å². The summed E-state index contributed by atoms with van der Waals surface area (Å²) in [7, 11) is 0. The normalized spacial score (nSPS) is 24.6. The van der Waals surface area contributed by atoms with Crippen LogP contribution in [0.25, 0.3) is 0 Å². The topological polar surface area (TPSA) is 0 Å². The zero-order valence-corrected chi connectivity index (χ0v) is 7.32. The summed E-state index contributed by atoms with van der Waals surface area (Å²) in [6.45, 7) is 2.26. The molecule has 2 aliphatic carbocycles. The first-order valence-electron chi connectivity index (χ1n) is 4.74. The predicted octanol–water partition coefficient (Wildman–Crippen LogP) is 3.60. The average molecular weight is 148 g/mol. The second-order valence-corrected chi connectivity index (χ2v) is 3.86. The van der Waals surface area contributed by atoms with Gasteiger partial charge in [-0.05, 0) is 44.6 Å². The molecule has 0 N–H and O–H groups in total. The van der Waals surface area contributed by atoms with Crippen LogP contribution >= 0.6 is 0 Å². The van der Waals surface area contributed by atoms with Crippen LogP contribution < -0.4 is 0 Å². The van der Waals surface area contributed by atoms with Gasteiger partial charge in [0.05, 0.1) is 0 Å². The fourth-order valence-electron chi connectivity index (χ4n) is 2.23. The number of allylic oxidation sites excluding steroid dienone is 4. The molecular weight excluding hydrogens is 132 g/mol. The lowest BCUT2D eigenvalue weighted by Crippen LogP contribution is -1.80. The van der Waals surface area contributed by atoms with Crippen molar-refractivity contribution < 1.29 is 0 Å². The predicted molar refractivity (Wildman–Crippen MR) is 48.5 cm³/mol. The molecule has 0 radical (unpaired) electrons. The molecule has 2 aliphatic rings. The van der Waals surface area contributed by atoms with Gasteiger partial charge in [-0.2, -0.15) is 0 Å². The highest BCUT2D eigenvalue weighted by molar-refractivity contribution is 5.38. The molecule has 0 spiro atoms. The third-order valence-corrected chi connectivity index (χ3v) is 2.79. The van der Waals surface area contributed by atoms with Crippen molar-refractivity contribution >= 4 is 0 Å². The molecule has 0 aromatic carbocycles. The molecule has 0 aromatic heterocycles. The van der Waals surface area contributed by atoms with Gasteiger partial charge in [-0.1, -0.05) is 23.6 Å². The lowest BCUT2D eigenvalue weighted by Gasteiger charge is -2.00. The Bertz CT molecular complexity index is 218. The van der Waals surface area contributed by atoms with Crippen LogP contribution in [0, 0.1) is 0 Å². The molecular formula is C11H16. The molecule has 0 atom stereocenters. The number of hydrogen-bond donors (Lipinski definition) is 0. The fraction of sp³-hybridized carbons (Fsp3) is 0.636. The zero-order chi connectivity index (χ0) is 7.68. The Labute approximate surface area is 69.0 Å². The van der Waals surface area contributed by atoms with Crippen molar-refractivity contribution in [2.75, 3.05) is 0 Å². The molecule has 0 aliphatic heterocycles. The highest BCUT2D eigenvalue weighted by atomic mass is 14.2. The van der Waals surface area contributed by atoms with E-state index in [-0.39, 0.29) is 0 Å². The van der Waals surface area contributed by atoms with Gasteiger partial charge in [0.15, 0.2) is 0 Å². The average Bonchev–Trinajstić information content (AvgIpc) is 2.17. The van der Waals surface area contributed by atoms with Gasteiger partial charge in [0.25, 0.3) is 0 Å². The summed E-state index contributed by atoms with van der Waals surface area (Å²) in [5.74, 6) is 0. The largest absolute Gasteiger partial charge is 0.0690 e. The molecule has 0 saturated carbocycles. The van der Waals surface area contributed by atoms with E-state index in [4.69, 9.17) is 0 Å². The first kappa shape index (κ1) is 7.15. The van der Waals surface area contributed by atoms with Crippen molar-refractivity contribution in [2.45, 2.75) is 45.4 Å². The van der Waals surface area contributed by atoms with E-state index in [1.807, 2.05) is 0 Å². The first-order chi connectivity index (χ1) is 5.36. The van der Waals surface area contributed by atoms with Gasteiger partial charge < -0.3 is 0 Å². The fourth-order valence-corrected chi connectivity index (χ4v) is 2.23. The SMILES string of the molecule is CC1=CC2=C(CCCCC2)C1. The quantitative estimate of drug-likeness (QED) is 0.492. The highest BCUT2D eigenvalue weighted by Crippen LogP contribution is 2.34. The molecule has 0 heteroatoms. The monoisotopic (exact) mass is 148 g/mol. The van der Waals surface area contributed by atoms with Gasteiger partial charge in [-0.3, -0.25) is 0 Å². The lowest BCUT2D eigenvalue weighted by atomic mass is 10.1. The maximum absolute atomic E-state index is 2.42. The minimum absolute atomic E-state index is 1.29. The molecule has 0 saturated heterocycles. The highest BCUT2D eigenvalue weighted by Gasteiger charge is 2.14. The van der Waals surface area contributed by atoms with Crippen LogP contribution in [0.4, 0.5) is 0 Å². The van der Waals surface area contributed by atoms with Gasteiger partial charge in [0.2, 0.25) is 0 Å². The smallest absolute Gasteiger partial charge is 0.0102 e. The van der Waals surface area contributed by atoms with Gasteiger partial charge in [0, 0.05) is 0 Å². The summed E-state index contributed by atoms with van der Waals surface area (Å²) in [5, 5.41) is 0. The van der Waals surface area contributed by atoms with Crippen LogP contribution in [-0.2, 0) is 0 Å². The minimum Gasteiger partial charge on any atom is -0.0690 e. The number of hydrogen-bond acceptors (Lipinski definition) is 0. The molecule has 0 bridgehead atoms. The van der Waals surface area contributed by atoms with E-state index in [2.05, 4.69) is 13.0 Å². The van der Waals surface area contributed by atoms with E-state index in [0.717, 1.165) is 0 Å². The van der Waals surface area contributed by atoms with Crippen LogP contribution in [0.3, 0.4) is 0 Å². The Kier molecular flexibility index (Phi) is 1.85. The van der Waals surface area contributed by atoms with Crippen molar-refractivity contribution in [3.63, 3.8) is 0 Å². The Morgan fingerprint density at radius 1 is 1.09 bits per heavy atom. The summed E-state index contributed by atoms with van der Waals surface area (Å²) in [4.78, 5) is 0. The maximum atomic E-state index is 2.42. The summed E-state index contributed by atoms with van der Waals surface area (Å²) >= 11 is 0. The molecule has 0 nitrogen and oxygen atoms in total. The van der Waals surface area contributed by atoms with Crippen molar-refractivity contribution in [3.8, 4) is 0 Å². The molecule has 11 heavy (non-hydrogen) atoms. The van der Waals surface area contributed by atoms with Gasteiger partial charge >= 0.3 is 0 Å². The molecule has 0 fully saturated rings. The second kappa shape index (κ2) is 2.84. The van der Waals surface area contributed by atoms with Crippen LogP contribution in [0.5, 0.6) is 0 Å². The minimum atomic E-state index is 1.29. The molecule has 0 heterocycles. The molecule has 0 amide bonds. The molecule has 0 unspecified atom stereocenters. The Hall–Kier alpha value is -0.520. The maximum Gasteiger partial charge on any atom is -0.0102 e. The summed E-state index contributed by atoms with van der Waals surface area (Å²) in [6, 6.07) is 0.